The molecule has 1 aromatic rings. The minimum absolute atomic E-state index is 0.252. The van der Waals surface area contributed by atoms with Crippen LogP contribution in [0.1, 0.15) is 44.8 Å². The molecule has 0 spiro atoms. The van der Waals surface area contributed by atoms with E-state index in [0.717, 1.165) is 42.7 Å². The second-order valence-corrected chi connectivity index (χ2v) is 5.84. The van der Waals surface area contributed by atoms with Crippen LogP contribution in [-0.2, 0) is 11.8 Å². The van der Waals surface area contributed by atoms with Crippen molar-refractivity contribution < 1.29 is 4.74 Å². The Kier molecular flexibility index (Phi) is 5.36. The molecule has 1 saturated heterocycles. The van der Waals surface area contributed by atoms with Gasteiger partial charge >= 0.3 is 0 Å². The van der Waals surface area contributed by atoms with Gasteiger partial charge in [-0.15, -0.1) is 5.10 Å². The Labute approximate surface area is 123 Å². The van der Waals surface area contributed by atoms with Gasteiger partial charge in [0.2, 0.25) is 0 Å². The second kappa shape index (κ2) is 6.81. The van der Waals surface area contributed by atoms with E-state index >= 15 is 0 Å². The van der Waals surface area contributed by atoms with E-state index in [4.69, 9.17) is 4.74 Å². The third-order valence-corrected chi connectivity index (χ3v) is 4.39. The summed E-state index contributed by atoms with van der Waals surface area (Å²) >= 11 is 3.52. The first-order valence-electron chi connectivity index (χ1n) is 7.09. The minimum atomic E-state index is 0.252. The number of aromatic nitrogens is 3. The van der Waals surface area contributed by atoms with E-state index < -0.39 is 0 Å². The number of halogens is 1. The van der Waals surface area contributed by atoms with Crippen LogP contribution in [0, 0.1) is 5.92 Å². The lowest BCUT2D eigenvalue weighted by Gasteiger charge is -2.28. The quantitative estimate of drug-likeness (QED) is 0.870. The fourth-order valence-corrected chi connectivity index (χ4v) is 3.46. The summed E-state index contributed by atoms with van der Waals surface area (Å²) in [5.41, 5.74) is 1.13. The molecule has 0 radical (unpaired) electrons. The van der Waals surface area contributed by atoms with Crippen LogP contribution in [0.3, 0.4) is 0 Å². The molecule has 1 aliphatic rings. The number of hydrogen-bond donors (Lipinski definition) is 1. The van der Waals surface area contributed by atoms with Gasteiger partial charge in [0.1, 0.15) is 0 Å². The molecule has 0 amide bonds. The molecule has 1 aromatic heterocycles. The first kappa shape index (κ1) is 14.9. The summed E-state index contributed by atoms with van der Waals surface area (Å²) in [6.45, 7) is 6.23. The summed E-state index contributed by atoms with van der Waals surface area (Å²) in [5, 5.41) is 11.9. The molecule has 2 heterocycles. The highest BCUT2D eigenvalue weighted by Crippen LogP contribution is 2.36. The molecular weight excluding hydrogens is 308 g/mol. The van der Waals surface area contributed by atoms with Crippen LogP contribution in [0.2, 0.25) is 0 Å². The lowest BCUT2D eigenvalue weighted by molar-refractivity contribution is 0.0764. The Morgan fingerprint density at radius 1 is 1.53 bits per heavy atom. The van der Waals surface area contributed by atoms with E-state index in [-0.39, 0.29) is 6.04 Å². The molecule has 3 atom stereocenters. The summed E-state index contributed by atoms with van der Waals surface area (Å²) in [7, 11) is 1.95. The van der Waals surface area contributed by atoms with Gasteiger partial charge in [-0.25, -0.2) is 4.68 Å². The zero-order valence-electron chi connectivity index (χ0n) is 11.9. The summed E-state index contributed by atoms with van der Waals surface area (Å²) in [6, 6.07) is 0.252. The summed E-state index contributed by atoms with van der Waals surface area (Å²) in [4.78, 5) is 0. The van der Waals surface area contributed by atoms with Crippen molar-refractivity contribution in [2.24, 2.45) is 13.0 Å². The molecule has 19 heavy (non-hydrogen) atoms. The molecule has 0 bridgehead atoms. The zero-order chi connectivity index (χ0) is 13.8. The summed E-state index contributed by atoms with van der Waals surface area (Å²) in [5.74, 6) is 0.491. The molecule has 2 rings (SSSR count). The third kappa shape index (κ3) is 3.17. The maximum atomic E-state index is 5.85. The van der Waals surface area contributed by atoms with E-state index in [1.807, 2.05) is 11.7 Å². The van der Waals surface area contributed by atoms with Crippen LogP contribution < -0.4 is 5.32 Å². The normalized spacial score (nSPS) is 24.8. The van der Waals surface area contributed by atoms with E-state index in [1.54, 1.807) is 0 Å². The fraction of sp³-hybridized carbons (Fsp3) is 0.846. The highest BCUT2D eigenvalue weighted by Gasteiger charge is 2.36. The summed E-state index contributed by atoms with van der Waals surface area (Å²) in [6.07, 6.45) is 3.59. The van der Waals surface area contributed by atoms with Gasteiger partial charge in [-0.3, -0.25) is 0 Å². The topological polar surface area (TPSA) is 52.0 Å². The molecule has 1 aliphatic heterocycles. The molecule has 5 nitrogen and oxygen atoms in total. The number of hydrogen-bond acceptors (Lipinski definition) is 4. The number of ether oxygens (including phenoxy) is 1. The van der Waals surface area contributed by atoms with E-state index in [2.05, 4.69) is 45.4 Å². The Balaban J connectivity index is 2.25. The van der Waals surface area contributed by atoms with Crippen molar-refractivity contribution in [2.45, 2.75) is 45.3 Å². The maximum absolute atomic E-state index is 5.85. The standard InChI is InChI=1S/C13H23BrN4O/c1-4-7-15-11(9-6-8-19-10(9)5-2)12-13(14)16-17-18(12)3/h9-11,15H,4-8H2,1-3H3. The van der Waals surface area contributed by atoms with Crippen molar-refractivity contribution in [3.63, 3.8) is 0 Å². The molecule has 0 aliphatic carbocycles. The number of rotatable bonds is 6. The Bertz CT molecular complexity index is 390. The smallest absolute Gasteiger partial charge is 0.153 e. The van der Waals surface area contributed by atoms with Crippen LogP contribution in [-0.4, -0.2) is 34.2 Å². The average Bonchev–Trinajstić information content (AvgIpc) is 3.00. The molecular formula is C13H23BrN4O. The average molecular weight is 331 g/mol. The van der Waals surface area contributed by atoms with Crippen molar-refractivity contribution in [1.29, 1.82) is 0 Å². The molecule has 1 fully saturated rings. The van der Waals surface area contributed by atoms with Crippen LogP contribution in [0.4, 0.5) is 0 Å². The first-order chi connectivity index (χ1) is 9.19. The minimum Gasteiger partial charge on any atom is -0.378 e. The van der Waals surface area contributed by atoms with Gasteiger partial charge in [-0.05, 0) is 41.7 Å². The molecule has 0 saturated carbocycles. The molecule has 6 heteroatoms. The first-order valence-corrected chi connectivity index (χ1v) is 7.88. The number of nitrogens with zero attached hydrogens (tertiary/aromatic N) is 3. The van der Waals surface area contributed by atoms with E-state index in [0.29, 0.717) is 12.0 Å². The van der Waals surface area contributed by atoms with Crippen LogP contribution in [0.15, 0.2) is 4.60 Å². The Morgan fingerprint density at radius 3 is 2.89 bits per heavy atom. The van der Waals surface area contributed by atoms with Gasteiger partial charge in [-0.2, -0.15) is 0 Å². The highest BCUT2D eigenvalue weighted by molar-refractivity contribution is 9.10. The fourth-order valence-electron chi connectivity index (χ4n) is 2.89. The van der Waals surface area contributed by atoms with Gasteiger partial charge in [0.15, 0.2) is 4.60 Å². The predicted molar refractivity (Wildman–Crippen MR) is 77.9 cm³/mol. The van der Waals surface area contributed by atoms with Crippen LogP contribution in [0.25, 0.3) is 0 Å². The zero-order valence-corrected chi connectivity index (χ0v) is 13.5. The van der Waals surface area contributed by atoms with Crippen molar-refractivity contribution >= 4 is 15.9 Å². The molecule has 0 aromatic carbocycles. The van der Waals surface area contributed by atoms with Gasteiger partial charge < -0.3 is 10.1 Å². The third-order valence-electron chi connectivity index (χ3n) is 3.83. The van der Waals surface area contributed by atoms with E-state index in [9.17, 15) is 0 Å². The second-order valence-electron chi connectivity index (χ2n) is 5.09. The van der Waals surface area contributed by atoms with E-state index in [1.165, 1.54) is 0 Å². The van der Waals surface area contributed by atoms with Crippen molar-refractivity contribution in [3.8, 4) is 0 Å². The Hall–Kier alpha value is -0.460. The lowest BCUT2D eigenvalue weighted by Crippen LogP contribution is -2.34. The molecule has 3 unspecified atom stereocenters. The highest BCUT2D eigenvalue weighted by atomic mass is 79.9. The molecule has 108 valence electrons. The van der Waals surface area contributed by atoms with Crippen molar-refractivity contribution in [1.82, 2.24) is 20.3 Å². The van der Waals surface area contributed by atoms with Gasteiger partial charge in [0, 0.05) is 19.6 Å². The summed E-state index contributed by atoms with van der Waals surface area (Å²) < 4.78 is 8.55. The number of aryl methyl sites for hydroxylation is 1. The van der Waals surface area contributed by atoms with Crippen molar-refractivity contribution in [2.75, 3.05) is 13.2 Å². The van der Waals surface area contributed by atoms with Gasteiger partial charge in [0.05, 0.1) is 17.8 Å². The predicted octanol–water partition coefficient (Wildman–Crippen LogP) is 2.43. The SMILES string of the molecule is CCCNC(c1c(Br)nnn1C)C1CCOC1CC. The Morgan fingerprint density at radius 2 is 2.32 bits per heavy atom. The van der Waals surface area contributed by atoms with Gasteiger partial charge in [0.25, 0.3) is 0 Å². The molecule has 1 N–H and O–H groups in total. The largest absolute Gasteiger partial charge is 0.378 e. The monoisotopic (exact) mass is 330 g/mol. The number of nitrogens with one attached hydrogen (secondary N) is 1. The van der Waals surface area contributed by atoms with Gasteiger partial charge in [-0.1, -0.05) is 19.1 Å². The van der Waals surface area contributed by atoms with Crippen molar-refractivity contribution in [3.05, 3.63) is 10.3 Å². The van der Waals surface area contributed by atoms with Crippen LogP contribution in [0.5, 0.6) is 0 Å². The maximum Gasteiger partial charge on any atom is 0.153 e. The van der Waals surface area contributed by atoms with Crippen LogP contribution >= 0.6 is 15.9 Å². The lowest BCUT2D eigenvalue weighted by atomic mass is 9.89.